The number of anilines is 1. The Morgan fingerprint density at radius 3 is 2.74 bits per heavy atom. The molecule has 0 atom stereocenters. The minimum Gasteiger partial charge on any atom is -0.330 e. The van der Waals surface area contributed by atoms with Crippen LogP contribution in [0.4, 0.5) is 10.1 Å². The first kappa shape index (κ1) is 15.9. The second-order valence-electron chi connectivity index (χ2n) is 5.35. The van der Waals surface area contributed by atoms with E-state index in [1.807, 2.05) is 0 Å². The van der Waals surface area contributed by atoms with Crippen LogP contribution in [0.15, 0.2) is 18.2 Å². The number of hydrogen-bond donors (Lipinski definition) is 2. The third-order valence-corrected chi connectivity index (χ3v) is 3.37. The molecule has 19 heavy (non-hydrogen) atoms. The number of carbonyl (C=O) groups is 1. The highest BCUT2D eigenvalue weighted by atomic mass is 35.5. The van der Waals surface area contributed by atoms with Gasteiger partial charge in [-0.25, -0.2) is 4.39 Å². The first-order valence-corrected chi connectivity index (χ1v) is 6.67. The molecule has 1 amide bonds. The number of rotatable bonds is 6. The summed E-state index contributed by atoms with van der Waals surface area (Å²) in [4.78, 5) is 11.8. The largest absolute Gasteiger partial charge is 0.330 e. The molecule has 0 aliphatic heterocycles. The van der Waals surface area contributed by atoms with Crippen molar-refractivity contribution in [1.29, 1.82) is 0 Å². The predicted molar refractivity (Wildman–Crippen MR) is 76.7 cm³/mol. The van der Waals surface area contributed by atoms with Crippen molar-refractivity contribution < 1.29 is 9.18 Å². The standard InChI is InChI=1S/C14H20ClFN2O/c1-14(2,8-9-17)7-6-12(19)18-11-5-3-4-10(15)13(11)16/h3-5H,6-9,17H2,1-2H3,(H,18,19). The molecule has 1 aromatic rings. The molecule has 5 heteroatoms. The predicted octanol–water partition coefficient (Wildman–Crippen LogP) is 3.57. The Kier molecular flexibility index (Phi) is 5.76. The molecule has 0 aliphatic carbocycles. The number of amides is 1. The van der Waals surface area contributed by atoms with Crippen molar-refractivity contribution in [2.75, 3.05) is 11.9 Å². The summed E-state index contributed by atoms with van der Waals surface area (Å²) in [5.41, 5.74) is 5.65. The van der Waals surface area contributed by atoms with Crippen LogP contribution in [0.25, 0.3) is 0 Å². The molecule has 0 saturated carbocycles. The van der Waals surface area contributed by atoms with Gasteiger partial charge >= 0.3 is 0 Å². The maximum atomic E-state index is 13.6. The lowest BCUT2D eigenvalue weighted by molar-refractivity contribution is -0.116. The van der Waals surface area contributed by atoms with Crippen LogP contribution < -0.4 is 11.1 Å². The second kappa shape index (κ2) is 6.87. The summed E-state index contributed by atoms with van der Waals surface area (Å²) in [6, 6.07) is 4.53. The van der Waals surface area contributed by atoms with Crippen LogP contribution in [0.3, 0.4) is 0 Å². The summed E-state index contributed by atoms with van der Waals surface area (Å²) >= 11 is 5.65. The van der Waals surface area contributed by atoms with Gasteiger partial charge in [0.15, 0.2) is 5.82 Å². The molecule has 0 unspecified atom stereocenters. The number of benzene rings is 1. The zero-order chi connectivity index (χ0) is 14.5. The van der Waals surface area contributed by atoms with Crippen LogP contribution in [-0.4, -0.2) is 12.5 Å². The molecule has 0 heterocycles. The zero-order valence-electron chi connectivity index (χ0n) is 11.3. The van der Waals surface area contributed by atoms with Crippen molar-refractivity contribution in [1.82, 2.24) is 0 Å². The average molecular weight is 287 g/mol. The van der Waals surface area contributed by atoms with Gasteiger partial charge in [-0.15, -0.1) is 0 Å². The number of nitrogens with one attached hydrogen (secondary N) is 1. The van der Waals surface area contributed by atoms with Gasteiger partial charge in [0.05, 0.1) is 10.7 Å². The molecule has 0 saturated heterocycles. The third kappa shape index (κ3) is 5.17. The van der Waals surface area contributed by atoms with Crippen molar-refractivity contribution in [3.63, 3.8) is 0 Å². The van der Waals surface area contributed by atoms with E-state index in [0.29, 0.717) is 19.4 Å². The van der Waals surface area contributed by atoms with E-state index in [2.05, 4.69) is 19.2 Å². The summed E-state index contributed by atoms with van der Waals surface area (Å²) in [6.45, 7) is 4.72. The molecule has 1 rings (SSSR count). The monoisotopic (exact) mass is 286 g/mol. The fourth-order valence-electron chi connectivity index (χ4n) is 1.78. The van der Waals surface area contributed by atoms with Gasteiger partial charge in [-0.1, -0.05) is 31.5 Å². The van der Waals surface area contributed by atoms with Crippen molar-refractivity contribution >= 4 is 23.2 Å². The quantitative estimate of drug-likeness (QED) is 0.840. The van der Waals surface area contributed by atoms with E-state index in [9.17, 15) is 9.18 Å². The molecule has 0 aliphatic rings. The van der Waals surface area contributed by atoms with E-state index < -0.39 is 5.82 Å². The second-order valence-corrected chi connectivity index (χ2v) is 5.76. The van der Waals surface area contributed by atoms with Gasteiger partial charge in [-0.2, -0.15) is 0 Å². The summed E-state index contributed by atoms with van der Waals surface area (Å²) in [5.74, 6) is -0.815. The van der Waals surface area contributed by atoms with E-state index in [1.165, 1.54) is 12.1 Å². The van der Waals surface area contributed by atoms with Crippen molar-refractivity contribution in [3.8, 4) is 0 Å². The summed E-state index contributed by atoms with van der Waals surface area (Å²) in [7, 11) is 0. The van der Waals surface area contributed by atoms with E-state index in [4.69, 9.17) is 17.3 Å². The zero-order valence-corrected chi connectivity index (χ0v) is 12.1. The number of carbonyl (C=O) groups excluding carboxylic acids is 1. The molecule has 3 N–H and O–H groups in total. The van der Waals surface area contributed by atoms with Gasteiger partial charge < -0.3 is 11.1 Å². The van der Waals surface area contributed by atoms with Crippen LogP contribution in [-0.2, 0) is 4.79 Å². The minimum absolute atomic E-state index is 0.00117. The molecular formula is C14H20ClFN2O. The molecule has 0 fully saturated rings. The normalized spacial score (nSPS) is 11.4. The lowest BCUT2D eigenvalue weighted by Gasteiger charge is -2.23. The van der Waals surface area contributed by atoms with E-state index in [1.54, 1.807) is 6.07 Å². The average Bonchev–Trinajstić information content (AvgIpc) is 2.33. The summed E-state index contributed by atoms with van der Waals surface area (Å²) in [6.07, 6.45) is 1.89. The topological polar surface area (TPSA) is 55.1 Å². The maximum Gasteiger partial charge on any atom is 0.224 e. The Labute approximate surface area is 118 Å². The highest BCUT2D eigenvalue weighted by molar-refractivity contribution is 6.31. The summed E-state index contributed by atoms with van der Waals surface area (Å²) in [5, 5.41) is 2.54. The minimum atomic E-state index is -0.598. The molecule has 0 aromatic heterocycles. The van der Waals surface area contributed by atoms with Gasteiger partial charge in [0.1, 0.15) is 0 Å². The lowest BCUT2D eigenvalue weighted by Crippen LogP contribution is -2.21. The molecule has 0 spiro atoms. The van der Waals surface area contributed by atoms with Crippen LogP contribution in [0.2, 0.25) is 5.02 Å². The molecular weight excluding hydrogens is 267 g/mol. The van der Waals surface area contributed by atoms with Crippen LogP contribution in [0.5, 0.6) is 0 Å². The fraction of sp³-hybridized carbons (Fsp3) is 0.500. The van der Waals surface area contributed by atoms with Gasteiger partial charge in [0.25, 0.3) is 0 Å². The van der Waals surface area contributed by atoms with E-state index in [-0.39, 0.29) is 22.0 Å². The Morgan fingerprint density at radius 1 is 1.42 bits per heavy atom. The molecule has 1 aromatic carbocycles. The Balaban J connectivity index is 2.54. The lowest BCUT2D eigenvalue weighted by atomic mass is 9.84. The maximum absolute atomic E-state index is 13.6. The number of halogens is 2. The van der Waals surface area contributed by atoms with Gasteiger partial charge in [-0.05, 0) is 36.9 Å². The first-order valence-electron chi connectivity index (χ1n) is 6.30. The van der Waals surface area contributed by atoms with Crippen molar-refractivity contribution in [2.24, 2.45) is 11.1 Å². The number of nitrogens with two attached hydrogens (primary N) is 1. The fourth-order valence-corrected chi connectivity index (χ4v) is 1.96. The van der Waals surface area contributed by atoms with Crippen LogP contribution >= 0.6 is 11.6 Å². The Hall–Kier alpha value is -1.13. The molecule has 0 bridgehead atoms. The van der Waals surface area contributed by atoms with Crippen molar-refractivity contribution in [3.05, 3.63) is 29.0 Å². The summed E-state index contributed by atoms with van der Waals surface area (Å²) < 4.78 is 13.6. The Bertz CT molecular complexity index is 449. The highest BCUT2D eigenvalue weighted by Gasteiger charge is 2.19. The number of hydrogen-bond acceptors (Lipinski definition) is 2. The van der Waals surface area contributed by atoms with E-state index >= 15 is 0 Å². The molecule has 0 radical (unpaired) electrons. The van der Waals surface area contributed by atoms with Gasteiger partial charge in [0, 0.05) is 6.42 Å². The highest BCUT2D eigenvalue weighted by Crippen LogP contribution is 2.27. The van der Waals surface area contributed by atoms with Crippen LogP contribution in [0.1, 0.15) is 33.1 Å². The van der Waals surface area contributed by atoms with E-state index in [0.717, 1.165) is 6.42 Å². The molecule has 3 nitrogen and oxygen atoms in total. The first-order chi connectivity index (χ1) is 8.85. The smallest absolute Gasteiger partial charge is 0.224 e. The third-order valence-electron chi connectivity index (χ3n) is 3.08. The SMILES string of the molecule is CC(C)(CCN)CCC(=O)Nc1cccc(Cl)c1F. The van der Waals surface area contributed by atoms with Gasteiger partial charge in [0.2, 0.25) is 5.91 Å². The molecule has 106 valence electrons. The Morgan fingerprint density at radius 2 is 2.11 bits per heavy atom. The van der Waals surface area contributed by atoms with Gasteiger partial charge in [-0.3, -0.25) is 4.79 Å². The van der Waals surface area contributed by atoms with Crippen molar-refractivity contribution in [2.45, 2.75) is 33.1 Å². The van der Waals surface area contributed by atoms with Crippen LogP contribution in [0, 0.1) is 11.2 Å².